The first-order valence-electron chi connectivity index (χ1n) is 7.39. The molecule has 0 aromatic carbocycles. The Morgan fingerprint density at radius 3 is 2.75 bits per heavy atom. The molecular formula is C15H15N9. The highest BCUT2D eigenvalue weighted by Crippen LogP contribution is 2.13. The van der Waals surface area contributed by atoms with Crippen LogP contribution in [-0.2, 0) is 7.05 Å². The first-order chi connectivity index (χ1) is 11.6. The van der Waals surface area contributed by atoms with E-state index in [0.717, 1.165) is 22.7 Å². The average molecular weight is 321 g/mol. The Labute approximate surface area is 137 Å². The van der Waals surface area contributed by atoms with Crippen LogP contribution in [0.1, 0.15) is 23.0 Å². The number of nitrogens with one attached hydrogen (secondary N) is 1. The molecule has 0 spiro atoms. The van der Waals surface area contributed by atoms with Crippen LogP contribution in [0, 0.1) is 13.8 Å². The van der Waals surface area contributed by atoms with Crippen LogP contribution >= 0.6 is 0 Å². The molecule has 4 rings (SSSR count). The van der Waals surface area contributed by atoms with Gasteiger partial charge in [-0.25, -0.2) is 19.2 Å². The molecule has 0 saturated heterocycles. The average Bonchev–Trinajstić information content (AvgIpc) is 3.28. The zero-order chi connectivity index (χ0) is 16.7. The fourth-order valence-corrected chi connectivity index (χ4v) is 2.37. The second-order valence-electron chi connectivity index (χ2n) is 5.41. The number of H-pyrrole nitrogens is 1. The Balaban J connectivity index is 1.68. The number of aromatic amines is 1. The topological polar surface area (TPSA) is 102 Å². The molecule has 0 atom stereocenters. The minimum Gasteiger partial charge on any atom is -0.275 e. The Kier molecular flexibility index (Phi) is 3.19. The van der Waals surface area contributed by atoms with E-state index in [0.29, 0.717) is 17.5 Å². The summed E-state index contributed by atoms with van der Waals surface area (Å²) >= 11 is 0. The van der Waals surface area contributed by atoms with Gasteiger partial charge in [-0.1, -0.05) is 0 Å². The van der Waals surface area contributed by atoms with Crippen LogP contribution in [0.5, 0.6) is 0 Å². The summed E-state index contributed by atoms with van der Waals surface area (Å²) in [7, 11) is 1.84. The quantitative estimate of drug-likeness (QED) is 0.612. The molecule has 0 unspecified atom stereocenters. The third-order valence-corrected chi connectivity index (χ3v) is 3.65. The molecule has 0 aliphatic heterocycles. The summed E-state index contributed by atoms with van der Waals surface area (Å²) in [5, 5.41) is 15.6. The molecule has 4 aromatic heterocycles. The van der Waals surface area contributed by atoms with E-state index in [1.165, 1.54) is 0 Å². The van der Waals surface area contributed by atoms with Crippen molar-refractivity contribution in [3.05, 3.63) is 41.5 Å². The molecule has 0 aliphatic carbocycles. The van der Waals surface area contributed by atoms with Crippen molar-refractivity contribution in [3.8, 4) is 11.5 Å². The maximum Gasteiger partial charge on any atom is 0.199 e. The predicted octanol–water partition coefficient (Wildman–Crippen LogP) is 1.43. The molecular weight excluding hydrogens is 306 g/mol. The zero-order valence-corrected chi connectivity index (χ0v) is 13.5. The Hall–Kier alpha value is -3.36. The molecule has 0 amide bonds. The summed E-state index contributed by atoms with van der Waals surface area (Å²) in [6.45, 7) is 3.86. The summed E-state index contributed by atoms with van der Waals surface area (Å²) in [6, 6.07) is 1.82. The highest BCUT2D eigenvalue weighted by molar-refractivity contribution is 5.65. The van der Waals surface area contributed by atoms with E-state index in [4.69, 9.17) is 0 Å². The monoisotopic (exact) mass is 321 g/mol. The largest absolute Gasteiger partial charge is 0.275 e. The highest BCUT2D eigenvalue weighted by Gasteiger charge is 2.10. The first kappa shape index (κ1) is 14.2. The number of hydrogen-bond donors (Lipinski definition) is 1. The lowest BCUT2D eigenvalue weighted by molar-refractivity contribution is 0.758. The van der Waals surface area contributed by atoms with Crippen LogP contribution in [0.15, 0.2) is 18.5 Å². The van der Waals surface area contributed by atoms with E-state index in [-0.39, 0.29) is 0 Å². The van der Waals surface area contributed by atoms with Gasteiger partial charge in [0.15, 0.2) is 23.1 Å². The second-order valence-corrected chi connectivity index (χ2v) is 5.41. The van der Waals surface area contributed by atoms with Crippen molar-refractivity contribution in [1.82, 2.24) is 44.5 Å². The van der Waals surface area contributed by atoms with Gasteiger partial charge in [0.05, 0.1) is 11.4 Å². The molecule has 0 fully saturated rings. The number of rotatable bonds is 3. The van der Waals surface area contributed by atoms with E-state index in [2.05, 4.69) is 35.3 Å². The highest BCUT2D eigenvalue weighted by atomic mass is 15.3. The number of aryl methyl sites for hydroxylation is 3. The van der Waals surface area contributed by atoms with Crippen molar-refractivity contribution in [2.24, 2.45) is 7.05 Å². The lowest BCUT2D eigenvalue weighted by atomic mass is 10.4. The Morgan fingerprint density at radius 1 is 1.12 bits per heavy atom. The van der Waals surface area contributed by atoms with Gasteiger partial charge >= 0.3 is 0 Å². The standard InChI is InChI=1S/C15H15N9/c1-9-8-16-10(2)15-18-12(21-24(9)15)4-5-13-19-14(22-23(13)3)11-6-7-17-20-11/h4-8H,1-3H3,(H,17,20)/b5-4+. The molecule has 1 N–H and O–H groups in total. The number of fused-ring (bicyclic) bond motifs is 1. The third-order valence-electron chi connectivity index (χ3n) is 3.65. The number of hydrogen-bond acceptors (Lipinski definition) is 6. The predicted molar refractivity (Wildman–Crippen MR) is 87.8 cm³/mol. The van der Waals surface area contributed by atoms with Gasteiger partial charge in [-0.15, -0.1) is 10.2 Å². The molecule has 120 valence electrons. The van der Waals surface area contributed by atoms with Crippen molar-refractivity contribution in [2.75, 3.05) is 0 Å². The minimum absolute atomic E-state index is 0.591. The van der Waals surface area contributed by atoms with Crippen LogP contribution in [0.25, 0.3) is 29.3 Å². The molecule has 0 aliphatic rings. The molecule has 4 heterocycles. The maximum atomic E-state index is 4.50. The summed E-state index contributed by atoms with van der Waals surface area (Å²) in [4.78, 5) is 13.3. The van der Waals surface area contributed by atoms with Crippen molar-refractivity contribution >= 4 is 17.8 Å². The van der Waals surface area contributed by atoms with Crippen molar-refractivity contribution in [1.29, 1.82) is 0 Å². The summed E-state index contributed by atoms with van der Waals surface area (Å²) in [6.07, 6.45) is 7.09. The lowest BCUT2D eigenvalue weighted by Crippen LogP contribution is -1.97. The van der Waals surface area contributed by atoms with E-state index < -0.39 is 0 Å². The smallest absolute Gasteiger partial charge is 0.199 e. The van der Waals surface area contributed by atoms with Gasteiger partial charge in [0, 0.05) is 19.4 Å². The van der Waals surface area contributed by atoms with E-state index in [9.17, 15) is 0 Å². The van der Waals surface area contributed by atoms with Gasteiger partial charge in [-0.05, 0) is 32.1 Å². The van der Waals surface area contributed by atoms with Crippen LogP contribution in [0.3, 0.4) is 0 Å². The first-order valence-corrected chi connectivity index (χ1v) is 7.39. The summed E-state index contributed by atoms with van der Waals surface area (Å²) in [5.74, 6) is 1.89. The van der Waals surface area contributed by atoms with Crippen LogP contribution < -0.4 is 0 Å². The van der Waals surface area contributed by atoms with Crippen molar-refractivity contribution in [2.45, 2.75) is 13.8 Å². The summed E-state index contributed by atoms with van der Waals surface area (Å²) in [5.41, 5.74) is 3.30. The third kappa shape index (κ3) is 2.35. The van der Waals surface area contributed by atoms with E-state index in [1.54, 1.807) is 21.6 Å². The molecule has 24 heavy (non-hydrogen) atoms. The van der Waals surface area contributed by atoms with Crippen LogP contribution in [0.4, 0.5) is 0 Å². The fourth-order valence-electron chi connectivity index (χ4n) is 2.37. The second kappa shape index (κ2) is 5.37. The maximum absolute atomic E-state index is 4.50. The number of aromatic nitrogens is 9. The minimum atomic E-state index is 0.591. The van der Waals surface area contributed by atoms with E-state index in [1.807, 2.05) is 39.1 Å². The van der Waals surface area contributed by atoms with Crippen LogP contribution in [-0.4, -0.2) is 44.5 Å². The molecule has 9 heteroatoms. The molecule has 9 nitrogen and oxygen atoms in total. The Morgan fingerprint density at radius 2 is 2.00 bits per heavy atom. The van der Waals surface area contributed by atoms with Gasteiger partial charge in [0.1, 0.15) is 5.69 Å². The van der Waals surface area contributed by atoms with E-state index >= 15 is 0 Å². The fraction of sp³-hybridized carbons (Fsp3) is 0.200. The van der Waals surface area contributed by atoms with Gasteiger partial charge < -0.3 is 0 Å². The summed E-state index contributed by atoms with van der Waals surface area (Å²) < 4.78 is 3.48. The molecule has 0 radical (unpaired) electrons. The normalized spacial score (nSPS) is 11.8. The van der Waals surface area contributed by atoms with Crippen molar-refractivity contribution in [3.63, 3.8) is 0 Å². The SMILES string of the molecule is Cc1ncc(C)n2nc(/C=C/c3nc(-c4ccn[nH]4)nn3C)nc12. The van der Waals surface area contributed by atoms with Crippen molar-refractivity contribution < 1.29 is 0 Å². The molecule has 0 saturated carbocycles. The molecule has 4 aromatic rings. The van der Waals surface area contributed by atoms with Gasteiger partial charge in [-0.3, -0.25) is 10.1 Å². The van der Waals surface area contributed by atoms with Crippen LogP contribution in [0.2, 0.25) is 0 Å². The Bertz CT molecular complexity index is 998. The van der Waals surface area contributed by atoms with Gasteiger partial charge in [0.2, 0.25) is 0 Å². The molecule has 0 bridgehead atoms. The number of nitrogens with zero attached hydrogens (tertiary/aromatic N) is 8. The van der Waals surface area contributed by atoms with Gasteiger partial charge in [0.25, 0.3) is 0 Å². The van der Waals surface area contributed by atoms with Gasteiger partial charge in [-0.2, -0.15) is 5.10 Å². The zero-order valence-electron chi connectivity index (χ0n) is 13.5. The lowest BCUT2D eigenvalue weighted by Gasteiger charge is -1.97.